The molecule has 424 valence electrons. The lowest BCUT2D eigenvalue weighted by atomic mass is 9.59. The molecule has 6 aromatic rings. The standard InChI is InChI=1S/C58H70N10O10S2/c1-36-13-24-79-52(36)49-34-64(33-38-25-50(75-3)56(76-4)61-32-38)21-22-66(49)41-29-58(30-41)16-19-65(20-17-58)40-5-7-43(46(27-40)67-45-12-23-77-35-51(45)78-55-48(67)26-39-11-18-59-53(39)62-55)54(69)63-80(73,74)42-6-8-44(47(28-42)68(71)72)60-31-37-9-14-57(2,70)15-10-37/h5-8,11,13,18,24-28,32,37,41,45,49,51,60,70H,9-10,12,14-17,19-23,29-31,33-35H2,1-4H3,(H,59,62)(H,63,69)/t37?,45-,49-,51-,57?/m0/s1. The molecule has 5 fully saturated rings. The topological polar surface area (TPSA) is 230 Å². The number of aliphatic hydroxyl groups is 1. The van der Waals surface area contributed by atoms with Crippen molar-refractivity contribution in [2.24, 2.45) is 11.3 Å². The number of pyridine rings is 2. The van der Waals surface area contributed by atoms with E-state index in [0.717, 1.165) is 100 Å². The number of piperazine rings is 1. The number of hydrogen-bond acceptors (Lipinski definition) is 18. The summed E-state index contributed by atoms with van der Waals surface area (Å²) in [5, 5.41) is 29.0. The normalized spacial score (nSPS) is 24.4. The van der Waals surface area contributed by atoms with Crippen molar-refractivity contribution in [3.63, 3.8) is 0 Å². The monoisotopic (exact) mass is 1130 g/mol. The van der Waals surface area contributed by atoms with Crippen LogP contribution in [0.4, 0.5) is 28.4 Å². The third-order valence-electron chi connectivity index (χ3n) is 18.0. The van der Waals surface area contributed by atoms with Crippen LogP contribution >= 0.6 is 11.3 Å². The Bertz CT molecular complexity index is 3400. The summed E-state index contributed by atoms with van der Waals surface area (Å²) in [4.78, 5) is 49.9. The zero-order valence-corrected chi connectivity index (χ0v) is 47.3. The first kappa shape index (κ1) is 54.0. The molecule has 8 heterocycles. The molecule has 0 radical (unpaired) electrons. The van der Waals surface area contributed by atoms with Gasteiger partial charge in [0, 0.05) is 92.9 Å². The van der Waals surface area contributed by atoms with Crippen LogP contribution in [-0.4, -0.2) is 140 Å². The van der Waals surface area contributed by atoms with E-state index in [1.165, 1.54) is 22.6 Å². The maximum absolute atomic E-state index is 14.8. The van der Waals surface area contributed by atoms with Crippen molar-refractivity contribution in [2.45, 2.75) is 113 Å². The van der Waals surface area contributed by atoms with Gasteiger partial charge < -0.3 is 44.2 Å². The number of thiophene rings is 1. The molecule has 3 saturated heterocycles. The van der Waals surface area contributed by atoms with E-state index in [-0.39, 0.29) is 34.7 Å². The first-order valence-corrected chi connectivity index (χ1v) is 30.2. The number of nitro groups is 1. The van der Waals surface area contributed by atoms with Crippen LogP contribution < -0.4 is 34.0 Å². The van der Waals surface area contributed by atoms with Gasteiger partial charge in [0.2, 0.25) is 5.88 Å². The summed E-state index contributed by atoms with van der Waals surface area (Å²) in [7, 11) is -1.40. The van der Waals surface area contributed by atoms with Crippen LogP contribution in [0.1, 0.15) is 97.1 Å². The first-order valence-electron chi connectivity index (χ1n) is 27.9. The van der Waals surface area contributed by atoms with Crippen molar-refractivity contribution in [2.75, 3.05) is 81.8 Å². The molecule has 22 heteroatoms. The summed E-state index contributed by atoms with van der Waals surface area (Å²) in [5.41, 5.74) is 4.44. The number of carbonyl (C=O) groups excluding carboxylic acids is 1. The molecule has 12 rings (SSSR count). The number of nitrogens with zero attached hydrogens (tertiary/aromatic N) is 7. The van der Waals surface area contributed by atoms with Crippen LogP contribution in [0, 0.1) is 28.4 Å². The van der Waals surface area contributed by atoms with E-state index >= 15 is 0 Å². The van der Waals surface area contributed by atoms with Crippen molar-refractivity contribution in [3.8, 4) is 17.5 Å². The summed E-state index contributed by atoms with van der Waals surface area (Å²) < 4.78 is 54.3. The third kappa shape index (κ3) is 10.6. The Kier molecular flexibility index (Phi) is 14.7. The number of rotatable bonds is 15. The van der Waals surface area contributed by atoms with Crippen LogP contribution in [0.25, 0.3) is 11.0 Å². The fourth-order valence-corrected chi connectivity index (χ4v) is 15.4. The molecule has 4 aromatic heterocycles. The lowest BCUT2D eigenvalue weighted by Gasteiger charge is -2.58. The van der Waals surface area contributed by atoms with Crippen molar-refractivity contribution >= 4 is 66.7 Å². The van der Waals surface area contributed by atoms with E-state index in [1.54, 1.807) is 20.3 Å². The molecule has 0 bridgehead atoms. The number of aryl methyl sites for hydroxylation is 1. The second-order valence-electron chi connectivity index (χ2n) is 23.1. The number of nitrogens with one attached hydrogen (secondary N) is 3. The van der Waals surface area contributed by atoms with Crippen LogP contribution in [-0.2, 0) is 21.3 Å². The highest BCUT2D eigenvalue weighted by Gasteiger charge is 2.50. The number of H-pyrrole nitrogens is 1. The summed E-state index contributed by atoms with van der Waals surface area (Å²) in [6.07, 6.45) is 10.9. The van der Waals surface area contributed by atoms with Crippen molar-refractivity contribution in [1.82, 2.24) is 29.5 Å². The highest BCUT2D eigenvalue weighted by Crippen LogP contribution is 2.54. The highest BCUT2D eigenvalue weighted by atomic mass is 32.2. The fraction of sp³-hybridized carbons (Fsp3) is 0.500. The molecule has 2 saturated carbocycles. The average molecular weight is 1130 g/mol. The molecule has 2 aliphatic carbocycles. The molecule has 80 heavy (non-hydrogen) atoms. The number of anilines is 4. The van der Waals surface area contributed by atoms with Crippen molar-refractivity contribution in [3.05, 3.63) is 110 Å². The largest absolute Gasteiger partial charge is 0.491 e. The first-order chi connectivity index (χ1) is 38.6. The SMILES string of the molecule is COc1cc(CN2CCN(C3CC4(CCN(c5ccc(C(=O)NS(=O)(=O)c6ccc(NCC7CCC(C)(O)CC7)c([N+](=O)[O-])c6)c(N6c7cc8cc[nH]c8nc7O[C@H]7COCC[C@@H]76)c5)CC4)C3)[C@H](c3sccc3C)C2)cnc1OC. The van der Waals surface area contributed by atoms with E-state index < -0.39 is 43.1 Å². The van der Waals surface area contributed by atoms with Gasteiger partial charge in [-0.15, -0.1) is 11.3 Å². The van der Waals surface area contributed by atoms with Crippen molar-refractivity contribution < 1.29 is 42.2 Å². The number of aromatic amines is 1. The maximum Gasteiger partial charge on any atom is 0.293 e. The number of fused-ring (bicyclic) bond motifs is 3. The van der Waals surface area contributed by atoms with Gasteiger partial charge in [-0.2, -0.15) is 4.98 Å². The molecule has 3 atom stereocenters. The van der Waals surface area contributed by atoms with Gasteiger partial charge in [0.15, 0.2) is 5.75 Å². The number of carbonyl (C=O) groups is 1. The van der Waals surface area contributed by atoms with Crippen molar-refractivity contribution in [1.29, 1.82) is 0 Å². The van der Waals surface area contributed by atoms with Crippen LogP contribution in [0.2, 0.25) is 0 Å². The zero-order chi connectivity index (χ0) is 55.5. The smallest absolute Gasteiger partial charge is 0.293 e. The van der Waals surface area contributed by atoms with E-state index in [0.29, 0.717) is 79.6 Å². The molecule has 1 amide bonds. The zero-order valence-electron chi connectivity index (χ0n) is 45.7. The van der Waals surface area contributed by atoms with E-state index in [4.69, 9.17) is 23.9 Å². The molecule has 1 spiro atoms. The Morgan fingerprint density at radius 2 is 1.80 bits per heavy atom. The minimum atomic E-state index is -4.64. The number of nitro benzene ring substituents is 1. The number of piperidine rings is 1. The summed E-state index contributed by atoms with van der Waals surface area (Å²) >= 11 is 1.85. The van der Waals surface area contributed by atoms with Crippen LogP contribution in [0.15, 0.2) is 83.3 Å². The maximum atomic E-state index is 14.8. The van der Waals surface area contributed by atoms with Crippen LogP contribution in [0.5, 0.6) is 17.5 Å². The lowest BCUT2D eigenvalue weighted by Crippen LogP contribution is -2.59. The van der Waals surface area contributed by atoms with E-state index in [1.807, 2.05) is 61.0 Å². The summed E-state index contributed by atoms with van der Waals surface area (Å²) in [5.74, 6) is 0.780. The molecule has 6 aliphatic rings. The predicted octanol–water partition coefficient (Wildman–Crippen LogP) is 8.72. The Balaban J connectivity index is 0.787. The number of methoxy groups -OCH3 is 2. The molecule has 20 nitrogen and oxygen atoms in total. The number of hydrogen-bond donors (Lipinski definition) is 4. The predicted molar refractivity (Wildman–Crippen MR) is 305 cm³/mol. The van der Waals surface area contributed by atoms with Gasteiger partial charge in [-0.05, 0) is 154 Å². The Morgan fingerprint density at radius 3 is 2.55 bits per heavy atom. The lowest BCUT2D eigenvalue weighted by molar-refractivity contribution is -0.384. The van der Waals surface area contributed by atoms with E-state index in [2.05, 4.69) is 58.0 Å². The van der Waals surface area contributed by atoms with Gasteiger partial charge in [0.05, 0.1) is 59.6 Å². The van der Waals surface area contributed by atoms with Crippen LogP contribution in [0.3, 0.4) is 0 Å². The van der Waals surface area contributed by atoms with Gasteiger partial charge in [-0.1, -0.05) is 0 Å². The quantitative estimate of drug-likeness (QED) is 0.0556. The Labute approximate surface area is 470 Å². The number of ether oxygens (including phenoxy) is 4. The minimum Gasteiger partial charge on any atom is -0.491 e. The molecule has 4 aliphatic heterocycles. The number of sulfonamides is 1. The highest BCUT2D eigenvalue weighted by molar-refractivity contribution is 7.90. The fourth-order valence-electron chi connectivity index (χ4n) is 13.4. The molecule has 2 aromatic carbocycles. The number of amides is 1. The third-order valence-corrected chi connectivity index (χ3v) is 20.4. The second kappa shape index (κ2) is 21.7. The molecular formula is C58H70N10O10S2. The summed E-state index contributed by atoms with van der Waals surface area (Å²) in [6, 6.07) is 17.9. The van der Waals surface area contributed by atoms with E-state index in [9.17, 15) is 28.4 Å². The van der Waals surface area contributed by atoms with Gasteiger partial charge in [-0.3, -0.25) is 24.7 Å². The molecular weight excluding hydrogens is 1060 g/mol. The second-order valence-corrected chi connectivity index (χ2v) is 25.8. The molecule has 0 unspecified atom stereocenters. The summed E-state index contributed by atoms with van der Waals surface area (Å²) in [6.45, 7) is 10.5. The number of aromatic nitrogens is 3. The minimum absolute atomic E-state index is 0.107. The van der Waals surface area contributed by atoms with Gasteiger partial charge in [0.25, 0.3) is 27.5 Å². The number of benzene rings is 2. The molecule has 4 N–H and O–H groups in total. The Hall–Kier alpha value is -6.56. The van der Waals surface area contributed by atoms with Gasteiger partial charge in [0.1, 0.15) is 23.1 Å². The van der Waals surface area contributed by atoms with Gasteiger partial charge >= 0.3 is 0 Å². The average Bonchev–Trinajstić information content (AvgIpc) is 4.14. The van der Waals surface area contributed by atoms with Gasteiger partial charge in [-0.25, -0.2) is 18.1 Å². The Morgan fingerprint density at radius 1 is 0.988 bits per heavy atom.